The zero-order chi connectivity index (χ0) is 47.2. The zero-order valence-corrected chi connectivity index (χ0v) is 39.4. The van der Waals surface area contributed by atoms with Gasteiger partial charge in [0.25, 0.3) is 23.6 Å². The number of carbonyl (C=O) groups excluding carboxylic acids is 6. The maximum absolute atomic E-state index is 13.4. The quantitative estimate of drug-likeness (QED) is 0.0484. The summed E-state index contributed by atoms with van der Waals surface area (Å²) in [6.07, 6.45) is 0. The lowest BCUT2D eigenvalue weighted by molar-refractivity contribution is -0.127. The molecular weight excluding hydrogens is 996 g/mol. The van der Waals surface area contributed by atoms with E-state index in [4.69, 9.17) is 92.8 Å². The zero-order valence-electron chi connectivity index (χ0n) is 33.3. The molecule has 5 aromatic carbocycles. The third kappa shape index (κ3) is 12.1. The van der Waals surface area contributed by atoms with Gasteiger partial charge in [0.2, 0.25) is 12.1 Å². The minimum Gasteiger partial charge on any atom is -0.324 e. The fourth-order valence-electron chi connectivity index (χ4n) is 5.46. The molecule has 0 aliphatic carbocycles. The average Bonchev–Trinajstić information content (AvgIpc) is 3.24. The fourth-order valence-corrected chi connectivity index (χ4v) is 6.94. The van der Waals surface area contributed by atoms with E-state index < -0.39 is 47.3 Å². The molecule has 0 spiro atoms. The molecule has 0 heterocycles. The van der Waals surface area contributed by atoms with Crippen molar-refractivity contribution in [3.05, 3.63) is 135 Å². The van der Waals surface area contributed by atoms with Gasteiger partial charge in [-0.2, -0.15) is 20.5 Å². The summed E-state index contributed by atoms with van der Waals surface area (Å²) in [5, 5.41) is 27.1. The molecule has 2 unspecified atom stereocenters. The van der Waals surface area contributed by atoms with Gasteiger partial charge in [0.15, 0.2) is 11.6 Å². The molecule has 0 aromatic heterocycles. The van der Waals surface area contributed by atoms with Crippen LogP contribution in [0.1, 0.15) is 45.7 Å². The number of amides is 4. The van der Waals surface area contributed by atoms with Gasteiger partial charge in [-0.3, -0.25) is 28.8 Å². The third-order valence-corrected chi connectivity index (χ3v) is 12.1. The lowest BCUT2D eigenvalue weighted by atomic mass is 10.1. The first-order valence-corrected chi connectivity index (χ1v) is 21.2. The Bertz CT molecular complexity index is 2630. The Kier molecular flexibility index (Phi) is 16.9. The number of hydrogen-bond acceptors (Lipinski definition) is 10. The molecule has 0 saturated heterocycles. The number of benzene rings is 5. The maximum atomic E-state index is 13.4. The van der Waals surface area contributed by atoms with Crippen molar-refractivity contribution in [2.75, 3.05) is 21.3 Å². The Labute approximate surface area is 405 Å². The summed E-state index contributed by atoms with van der Waals surface area (Å²) in [7, 11) is 0. The predicted molar refractivity (Wildman–Crippen MR) is 253 cm³/mol. The van der Waals surface area contributed by atoms with Crippen LogP contribution in [0, 0.1) is 13.8 Å². The van der Waals surface area contributed by atoms with E-state index in [0.717, 1.165) is 13.8 Å². The van der Waals surface area contributed by atoms with Gasteiger partial charge in [-0.1, -0.05) is 92.8 Å². The SMILES string of the molecule is CC(=O)C(N=Nc1cc(C(=O)Nc2ccc(Cl)c(Cl)c2Cl)ccc1Cl)C(=O)Nc1cc(C)c(NC(=O)C(N=Nc2cc(C(=O)Nc3ccc(Cl)c(Cl)c3Cl)ccc2Cl)C(C)=O)cc1C. The van der Waals surface area contributed by atoms with Crippen LogP contribution in [0.3, 0.4) is 0 Å². The van der Waals surface area contributed by atoms with Crippen LogP contribution in [0.25, 0.3) is 0 Å². The highest BCUT2D eigenvalue weighted by Gasteiger charge is 2.27. The van der Waals surface area contributed by atoms with E-state index in [2.05, 4.69) is 41.7 Å². The molecule has 0 bridgehead atoms. The van der Waals surface area contributed by atoms with E-state index in [1.807, 2.05) is 0 Å². The van der Waals surface area contributed by atoms with Crippen LogP contribution >= 0.6 is 92.8 Å². The summed E-state index contributed by atoms with van der Waals surface area (Å²) in [4.78, 5) is 78.1. The fraction of sp³-hybridized carbons (Fsp3) is 0.143. The average molecular weight is 1030 g/mol. The second kappa shape index (κ2) is 21.7. The molecule has 0 saturated carbocycles. The Morgan fingerprint density at radius 2 is 0.781 bits per heavy atom. The third-order valence-electron chi connectivity index (χ3n) is 8.90. The molecular formula is C42H30Cl8N8O6. The van der Waals surface area contributed by atoms with Crippen molar-refractivity contribution in [2.45, 2.75) is 39.8 Å². The first kappa shape index (κ1) is 49.8. The van der Waals surface area contributed by atoms with Crippen LogP contribution in [-0.2, 0) is 19.2 Å². The monoisotopic (exact) mass is 1020 g/mol. The van der Waals surface area contributed by atoms with Gasteiger partial charge < -0.3 is 21.3 Å². The maximum Gasteiger partial charge on any atom is 0.258 e. The van der Waals surface area contributed by atoms with Crippen molar-refractivity contribution in [3.8, 4) is 0 Å². The summed E-state index contributed by atoms with van der Waals surface area (Å²) in [6, 6.07) is 13.8. The number of azo groups is 2. The molecule has 14 nitrogen and oxygen atoms in total. The Hall–Kier alpha value is -5.16. The number of carbonyl (C=O) groups is 6. The van der Waals surface area contributed by atoms with Crippen LogP contribution in [0.15, 0.2) is 93.3 Å². The number of anilines is 4. The Morgan fingerprint density at radius 3 is 1.12 bits per heavy atom. The van der Waals surface area contributed by atoms with Crippen molar-refractivity contribution in [1.82, 2.24) is 0 Å². The molecule has 0 aliphatic rings. The molecule has 330 valence electrons. The van der Waals surface area contributed by atoms with Crippen molar-refractivity contribution < 1.29 is 28.8 Å². The molecule has 5 aromatic rings. The van der Waals surface area contributed by atoms with Gasteiger partial charge in [0.05, 0.1) is 51.6 Å². The van der Waals surface area contributed by atoms with Crippen LogP contribution in [-0.4, -0.2) is 47.3 Å². The van der Waals surface area contributed by atoms with Crippen LogP contribution in [0.5, 0.6) is 0 Å². The number of ketones is 2. The number of Topliss-reactive ketones (excluding diaryl/α,β-unsaturated/α-hetero) is 2. The topological polar surface area (TPSA) is 200 Å². The molecule has 64 heavy (non-hydrogen) atoms. The largest absolute Gasteiger partial charge is 0.324 e. The summed E-state index contributed by atoms with van der Waals surface area (Å²) in [5.41, 5.74) is 1.95. The van der Waals surface area contributed by atoms with Crippen molar-refractivity contribution in [1.29, 1.82) is 0 Å². The van der Waals surface area contributed by atoms with Crippen LogP contribution < -0.4 is 21.3 Å². The number of rotatable bonds is 14. The number of aryl methyl sites for hydroxylation is 2. The first-order chi connectivity index (χ1) is 30.2. The standard InChI is InChI=1S/C42H30Cl8N8O6/c1-17-13-30(54-42(64)38(20(4)60)58-56-32-16-22(6-8-24(32)44)40(62)52-28-12-10-26(46)34(48)36(28)50)18(2)14-29(17)53-41(63)37(19(3)59)57-55-31-15-21(5-7-23(31)43)39(61)51-27-11-9-25(45)33(47)35(27)49/h5-16,37-38H,1-4H3,(H,51,61)(H,52,62)(H,53,63)(H,54,64). The molecule has 4 amide bonds. The van der Waals surface area contributed by atoms with E-state index >= 15 is 0 Å². The van der Waals surface area contributed by atoms with Gasteiger partial charge in [0, 0.05) is 22.5 Å². The predicted octanol–water partition coefficient (Wildman–Crippen LogP) is 13.4. The van der Waals surface area contributed by atoms with E-state index in [-0.39, 0.29) is 85.4 Å². The summed E-state index contributed by atoms with van der Waals surface area (Å²) in [6.45, 7) is 5.54. The summed E-state index contributed by atoms with van der Waals surface area (Å²) < 4.78 is 0. The smallest absolute Gasteiger partial charge is 0.258 e. The van der Waals surface area contributed by atoms with E-state index in [1.165, 1.54) is 72.8 Å². The number of hydrogen-bond donors (Lipinski definition) is 4. The molecule has 5 rings (SSSR count). The number of nitrogens with zero attached hydrogens (tertiary/aromatic N) is 4. The molecule has 0 radical (unpaired) electrons. The minimum atomic E-state index is -1.63. The summed E-state index contributed by atoms with van der Waals surface area (Å²) in [5.74, 6) is -4.22. The number of nitrogens with one attached hydrogen (secondary N) is 4. The Morgan fingerprint density at radius 1 is 0.438 bits per heavy atom. The van der Waals surface area contributed by atoms with E-state index in [0.29, 0.717) is 11.1 Å². The molecule has 0 fully saturated rings. The summed E-state index contributed by atoms with van der Waals surface area (Å²) >= 11 is 49.2. The van der Waals surface area contributed by atoms with E-state index in [1.54, 1.807) is 13.8 Å². The highest BCUT2D eigenvalue weighted by Crippen LogP contribution is 2.38. The lowest BCUT2D eigenvalue weighted by Crippen LogP contribution is -2.32. The minimum absolute atomic E-state index is 0.0183. The Balaban J connectivity index is 1.27. The molecule has 4 N–H and O–H groups in total. The van der Waals surface area contributed by atoms with Crippen molar-refractivity contribution >= 4 is 162 Å². The van der Waals surface area contributed by atoms with Crippen molar-refractivity contribution in [2.24, 2.45) is 20.5 Å². The normalized spacial score (nSPS) is 12.2. The van der Waals surface area contributed by atoms with Gasteiger partial charge in [-0.25, -0.2) is 0 Å². The lowest BCUT2D eigenvalue weighted by Gasteiger charge is -2.16. The second-order valence-electron chi connectivity index (χ2n) is 13.6. The van der Waals surface area contributed by atoms with Crippen LogP contribution in [0.4, 0.5) is 34.1 Å². The van der Waals surface area contributed by atoms with Gasteiger partial charge in [-0.15, -0.1) is 0 Å². The molecule has 0 aliphatic heterocycles. The van der Waals surface area contributed by atoms with Gasteiger partial charge in [-0.05, 0) is 112 Å². The number of halogens is 8. The van der Waals surface area contributed by atoms with Crippen LogP contribution in [0.2, 0.25) is 40.2 Å². The second-order valence-corrected chi connectivity index (χ2v) is 16.7. The van der Waals surface area contributed by atoms with E-state index in [9.17, 15) is 28.8 Å². The highest BCUT2D eigenvalue weighted by molar-refractivity contribution is 6.50. The molecule has 2 atom stereocenters. The molecule has 22 heteroatoms. The van der Waals surface area contributed by atoms with Gasteiger partial charge >= 0.3 is 0 Å². The van der Waals surface area contributed by atoms with Crippen molar-refractivity contribution in [3.63, 3.8) is 0 Å². The van der Waals surface area contributed by atoms with Gasteiger partial charge in [0.1, 0.15) is 11.4 Å². The first-order valence-electron chi connectivity index (χ1n) is 18.2. The highest BCUT2D eigenvalue weighted by atomic mass is 35.5.